The van der Waals surface area contributed by atoms with Crippen LogP contribution in [0.4, 0.5) is 14.5 Å². The van der Waals surface area contributed by atoms with Crippen LogP contribution in [0.15, 0.2) is 18.2 Å². The molecular weight excluding hydrogens is 262 g/mol. The third kappa shape index (κ3) is 3.68. The summed E-state index contributed by atoms with van der Waals surface area (Å²) in [6.07, 6.45) is 0. The van der Waals surface area contributed by atoms with Crippen LogP contribution in [0.5, 0.6) is 0 Å². The standard InChI is InChI=1S/C11H12F2N2O4/c1-7-8(3-2-4-9(7)15(18)19)10(17)14-5-11(12,13)6-16/h2-4,16H,5-6H2,1H3,(H,14,17). The van der Waals surface area contributed by atoms with E-state index in [0.29, 0.717) is 0 Å². The molecule has 0 bridgehead atoms. The van der Waals surface area contributed by atoms with Crippen LogP contribution in [0.3, 0.4) is 0 Å². The number of amides is 1. The van der Waals surface area contributed by atoms with E-state index in [9.17, 15) is 23.7 Å². The topological polar surface area (TPSA) is 92.5 Å². The molecule has 0 atom stereocenters. The van der Waals surface area contributed by atoms with Crippen LogP contribution in [-0.2, 0) is 0 Å². The Bertz CT molecular complexity index is 505. The third-order valence-electron chi connectivity index (χ3n) is 2.49. The van der Waals surface area contributed by atoms with Crippen LogP contribution in [0.1, 0.15) is 15.9 Å². The number of nitrogens with one attached hydrogen (secondary N) is 1. The highest BCUT2D eigenvalue weighted by Gasteiger charge is 2.29. The molecule has 6 nitrogen and oxygen atoms in total. The Labute approximate surface area is 107 Å². The highest BCUT2D eigenvalue weighted by atomic mass is 19.3. The fraction of sp³-hybridized carbons (Fsp3) is 0.364. The first-order valence-electron chi connectivity index (χ1n) is 5.29. The first kappa shape index (κ1) is 15.0. The van der Waals surface area contributed by atoms with Crippen molar-refractivity contribution >= 4 is 11.6 Å². The van der Waals surface area contributed by atoms with Crippen molar-refractivity contribution < 1.29 is 23.6 Å². The summed E-state index contributed by atoms with van der Waals surface area (Å²) in [7, 11) is 0. The molecular formula is C11H12F2N2O4. The summed E-state index contributed by atoms with van der Waals surface area (Å²) < 4.78 is 25.5. The van der Waals surface area contributed by atoms with E-state index < -0.39 is 29.9 Å². The number of alkyl halides is 2. The minimum absolute atomic E-state index is 0.0528. The molecule has 1 rings (SSSR count). The van der Waals surface area contributed by atoms with Gasteiger partial charge in [-0.3, -0.25) is 14.9 Å². The highest BCUT2D eigenvalue weighted by molar-refractivity contribution is 5.96. The molecule has 0 saturated carbocycles. The minimum Gasteiger partial charge on any atom is -0.390 e. The Hall–Kier alpha value is -2.09. The number of carbonyl (C=O) groups is 1. The number of benzene rings is 1. The Morgan fingerprint density at radius 1 is 1.53 bits per heavy atom. The third-order valence-corrected chi connectivity index (χ3v) is 2.49. The van der Waals surface area contributed by atoms with E-state index in [1.54, 1.807) is 0 Å². The fourth-order valence-corrected chi connectivity index (χ4v) is 1.43. The maximum absolute atomic E-state index is 12.8. The molecule has 1 aromatic carbocycles. The number of aliphatic hydroxyl groups is 1. The van der Waals surface area contributed by atoms with Gasteiger partial charge in [-0.05, 0) is 13.0 Å². The zero-order valence-electron chi connectivity index (χ0n) is 10.0. The number of hydrogen-bond acceptors (Lipinski definition) is 4. The lowest BCUT2D eigenvalue weighted by Gasteiger charge is -2.14. The van der Waals surface area contributed by atoms with Crippen LogP contribution in [0.25, 0.3) is 0 Å². The predicted molar refractivity (Wildman–Crippen MR) is 62.2 cm³/mol. The summed E-state index contributed by atoms with van der Waals surface area (Å²) in [6, 6.07) is 3.81. The predicted octanol–water partition coefficient (Wildman–Crippen LogP) is 1.26. The minimum atomic E-state index is -3.43. The molecule has 0 heterocycles. The molecule has 0 aromatic heterocycles. The molecule has 8 heteroatoms. The van der Waals surface area contributed by atoms with E-state index in [-0.39, 0.29) is 16.8 Å². The number of carbonyl (C=O) groups excluding carboxylic acids is 1. The van der Waals surface area contributed by atoms with Gasteiger partial charge in [-0.2, -0.15) is 0 Å². The maximum atomic E-state index is 12.8. The molecule has 104 valence electrons. The normalized spacial score (nSPS) is 11.2. The number of hydrogen-bond donors (Lipinski definition) is 2. The van der Waals surface area contributed by atoms with E-state index in [1.165, 1.54) is 25.1 Å². The maximum Gasteiger partial charge on any atom is 0.287 e. The summed E-state index contributed by atoms with van der Waals surface area (Å²) in [5.41, 5.74) is -0.221. The molecule has 2 N–H and O–H groups in total. The van der Waals surface area contributed by atoms with Crippen molar-refractivity contribution in [2.24, 2.45) is 0 Å². The zero-order valence-corrected chi connectivity index (χ0v) is 10.0. The van der Waals surface area contributed by atoms with E-state index in [2.05, 4.69) is 0 Å². The van der Waals surface area contributed by atoms with Gasteiger partial charge in [-0.25, -0.2) is 8.78 Å². The fourth-order valence-electron chi connectivity index (χ4n) is 1.43. The quantitative estimate of drug-likeness (QED) is 0.624. The number of nitrogens with zero attached hydrogens (tertiary/aromatic N) is 1. The summed E-state index contributed by atoms with van der Waals surface area (Å²) in [5.74, 6) is -4.28. The zero-order chi connectivity index (χ0) is 14.6. The lowest BCUT2D eigenvalue weighted by molar-refractivity contribution is -0.385. The van der Waals surface area contributed by atoms with E-state index in [0.717, 1.165) is 0 Å². The first-order chi connectivity index (χ1) is 8.78. The second kappa shape index (κ2) is 5.70. The monoisotopic (exact) mass is 274 g/mol. The van der Waals surface area contributed by atoms with E-state index >= 15 is 0 Å². The van der Waals surface area contributed by atoms with Gasteiger partial charge >= 0.3 is 0 Å². The molecule has 0 radical (unpaired) electrons. The molecule has 19 heavy (non-hydrogen) atoms. The van der Waals surface area contributed by atoms with E-state index in [4.69, 9.17) is 5.11 Å². The van der Waals surface area contributed by atoms with Crippen LogP contribution in [0, 0.1) is 17.0 Å². The van der Waals surface area contributed by atoms with Gasteiger partial charge in [-0.15, -0.1) is 0 Å². The van der Waals surface area contributed by atoms with Gasteiger partial charge in [0.1, 0.15) is 6.61 Å². The summed E-state index contributed by atoms with van der Waals surface area (Å²) in [5, 5.41) is 21.0. The molecule has 0 spiro atoms. The number of rotatable bonds is 5. The van der Waals surface area contributed by atoms with Crippen molar-refractivity contribution in [3.05, 3.63) is 39.4 Å². The van der Waals surface area contributed by atoms with Crippen molar-refractivity contribution in [1.82, 2.24) is 5.32 Å². The van der Waals surface area contributed by atoms with Crippen LogP contribution < -0.4 is 5.32 Å². The second-order valence-electron chi connectivity index (χ2n) is 3.90. The number of aliphatic hydroxyl groups excluding tert-OH is 1. The number of nitro groups is 1. The lowest BCUT2D eigenvalue weighted by atomic mass is 10.1. The largest absolute Gasteiger partial charge is 0.390 e. The van der Waals surface area contributed by atoms with Gasteiger partial charge in [0.25, 0.3) is 17.5 Å². The van der Waals surface area contributed by atoms with Crippen molar-refractivity contribution in [3.63, 3.8) is 0 Å². The average molecular weight is 274 g/mol. The molecule has 0 fully saturated rings. The summed E-state index contributed by atoms with van der Waals surface area (Å²) in [6.45, 7) is -1.07. The summed E-state index contributed by atoms with van der Waals surface area (Å²) in [4.78, 5) is 21.7. The number of nitro benzene ring substituents is 1. The van der Waals surface area contributed by atoms with Crippen molar-refractivity contribution in [1.29, 1.82) is 0 Å². The molecule has 1 amide bonds. The van der Waals surface area contributed by atoms with Crippen LogP contribution >= 0.6 is 0 Å². The molecule has 0 aliphatic rings. The SMILES string of the molecule is Cc1c(C(=O)NCC(F)(F)CO)cccc1[N+](=O)[O-]. The highest BCUT2D eigenvalue weighted by Crippen LogP contribution is 2.21. The van der Waals surface area contributed by atoms with Gasteiger partial charge in [0, 0.05) is 17.2 Å². The van der Waals surface area contributed by atoms with Crippen LogP contribution in [0.2, 0.25) is 0 Å². The summed E-state index contributed by atoms with van der Waals surface area (Å²) >= 11 is 0. The number of halogens is 2. The van der Waals surface area contributed by atoms with Gasteiger partial charge in [0.05, 0.1) is 11.5 Å². The van der Waals surface area contributed by atoms with Crippen molar-refractivity contribution in [3.8, 4) is 0 Å². The molecule has 0 unspecified atom stereocenters. The molecule has 0 aliphatic carbocycles. The molecule has 0 saturated heterocycles. The Balaban J connectivity index is 2.89. The Morgan fingerprint density at radius 3 is 2.68 bits per heavy atom. The van der Waals surface area contributed by atoms with Crippen molar-refractivity contribution in [2.45, 2.75) is 12.8 Å². The van der Waals surface area contributed by atoms with E-state index in [1.807, 2.05) is 5.32 Å². The Kier molecular flexibility index (Phi) is 4.49. The lowest BCUT2D eigenvalue weighted by Crippen LogP contribution is -2.39. The first-order valence-corrected chi connectivity index (χ1v) is 5.29. The molecule has 1 aromatic rings. The van der Waals surface area contributed by atoms with Crippen molar-refractivity contribution in [2.75, 3.05) is 13.2 Å². The molecule has 0 aliphatic heterocycles. The van der Waals surface area contributed by atoms with Gasteiger partial charge in [-0.1, -0.05) is 6.07 Å². The van der Waals surface area contributed by atoms with Gasteiger partial charge in [0.15, 0.2) is 0 Å². The van der Waals surface area contributed by atoms with Crippen LogP contribution in [-0.4, -0.2) is 35.0 Å². The van der Waals surface area contributed by atoms with Gasteiger partial charge < -0.3 is 10.4 Å². The average Bonchev–Trinajstić information content (AvgIpc) is 2.36. The second-order valence-corrected chi connectivity index (χ2v) is 3.90. The smallest absolute Gasteiger partial charge is 0.287 e. The Morgan fingerprint density at radius 2 is 2.16 bits per heavy atom. The van der Waals surface area contributed by atoms with Gasteiger partial charge in [0.2, 0.25) is 0 Å².